The third-order valence-corrected chi connectivity index (χ3v) is 6.90. The number of anilines is 2. The van der Waals surface area contributed by atoms with Crippen molar-refractivity contribution in [3.8, 4) is 11.3 Å². The van der Waals surface area contributed by atoms with Gasteiger partial charge in [-0.25, -0.2) is 14.8 Å². The summed E-state index contributed by atoms with van der Waals surface area (Å²) in [5.41, 5.74) is 1.23. The molecule has 0 aliphatic carbocycles. The molecule has 35 heavy (non-hydrogen) atoms. The van der Waals surface area contributed by atoms with E-state index in [4.69, 9.17) is 37.7 Å². The molecule has 3 heterocycles. The fourth-order valence-electron chi connectivity index (χ4n) is 3.80. The molecule has 1 saturated heterocycles. The van der Waals surface area contributed by atoms with E-state index in [-0.39, 0.29) is 30.4 Å². The third kappa shape index (κ3) is 6.03. The Labute approximate surface area is 218 Å². The molecule has 3 aromatic rings. The van der Waals surface area contributed by atoms with Crippen LogP contribution >= 0.6 is 34.5 Å². The minimum Gasteiger partial charge on any atom is -0.447 e. The fourth-order valence-corrected chi connectivity index (χ4v) is 5.13. The first kappa shape index (κ1) is 25.6. The number of thiazole rings is 1. The van der Waals surface area contributed by atoms with E-state index < -0.39 is 6.09 Å². The van der Waals surface area contributed by atoms with E-state index in [0.717, 1.165) is 16.3 Å². The summed E-state index contributed by atoms with van der Waals surface area (Å²) < 4.78 is 11.4. The second-order valence-corrected chi connectivity index (χ2v) is 11.0. The quantitative estimate of drug-likeness (QED) is 0.364. The lowest BCUT2D eigenvalue weighted by molar-refractivity contribution is -0.0618. The maximum absolute atomic E-state index is 12.5. The predicted molar refractivity (Wildman–Crippen MR) is 140 cm³/mol. The van der Waals surface area contributed by atoms with Crippen molar-refractivity contribution in [3.05, 3.63) is 50.9 Å². The summed E-state index contributed by atoms with van der Waals surface area (Å²) in [6, 6.07) is 6.54. The van der Waals surface area contributed by atoms with Crippen molar-refractivity contribution < 1.29 is 14.3 Å². The van der Waals surface area contributed by atoms with E-state index in [2.05, 4.69) is 15.3 Å². The monoisotopic (exact) mass is 535 g/mol. The highest BCUT2D eigenvalue weighted by Crippen LogP contribution is 2.33. The van der Waals surface area contributed by atoms with E-state index in [1.165, 1.54) is 16.2 Å². The standard InChI is InChI=1S/C24H27Cl2N5O3S/c1-13(21-29-18(12-35-21)16-7-6-15(25)10-17(16)26)28-22-27-9-8-20(30-22)31-19(11-33-23(31)32)14(2)34-24(3,4)5/h6-10,12-14,19H,11H2,1-5H3,(H,27,28,30)/t13-,14+,19?/m0/s1. The summed E-state index contributed by atoms with van der Waals surface area (Å²) in [7, 11) is 0. The highest BCUT2D eigenvalue weighted by molar-refractivity contribution is 7.10. The number of hydrogen-bond donors (Lipinski definition) is 1. The highest BCUT2D eigenvalue weighted by Gasteiger charge is 2.40. The summed E-state index contributed by atoms with van der Waals surface area (Å²) in [5, 5.41) is 7.17. The van der Waals surface area contributed by atoms with Crippen LogP contribution in [-0.2, 0) is 9.47 Å². The first-order chi connectivity index (χ1) is 16.5. The molecule has 4 rings (SSSR count). The summed E-state index contributed by atoms with van der Waals surface area (Å²) >= 11 is 13.8. The molecule has 8 nitrogen and oxygen atoms in total. The van der Waals surface area contributed by atoms with Crippen molar-refractivity contribution in [3.63, 3.8) is 0 Å². The molecule has 1 N–H and O–H groups in total. The Morgan fingerprint density at radius 2 is 2.00 bits per heavy atom. The molecular formula is C24H27Cl2N5O3S. The zero-order chi connectivity index (χ0) is 25.3. The Morgan fingerprint density at radius 3 is 2.71 bits per heavy atom. The van der Waals surface area contributed by atoms with E-state index in [1.54, 1.807) is 24.4 Å². The minimum atomic E-state index is -0.457. The molecule has 186 valence electrons. The van der Waals surface area contributed by atoms with Crippen molar-refractivity contribution in [1.82, 2.24) is 15.0 Å². The summed E-state index contributed by atoms with van der Waals surface area (Å²) in [5.74, 6) is 0.818. The van der Waals surface area contributed by atoms with Crippen LogP contribution in [0.25, 0.3) is 11.3 Å². The van der Waals surface area contributed by atoms with Crippen LogP contribution < -0.4 is 10.2 Å². The number of carbonyl (C=O) groups is 1. The van der Waals surface area contributed by atoms with Crippen molar-refractivity contribution in [2.75, 3.05) is 16.8 Å². The number of hydrogen-bond acceptors (Lipinski definition) is 8. The number of nitrogens with zero attached hydrogens (tertiary/aromatic N) is 4. The van der Waals surface area contributed by atoms with Gasteiger partial charge in [0, 0.05) is 22.2 Å². The van der Waals surface area contributed by atoms with E-state index >= 15 is 0 Å². The molecular weight excluding hydrogens is 509 g/mol. The van der Waals surface area contributed by atoms with Gasteiger partial charge in [-0.2, -0.15) is 4.98 Å². The molecule has 1 fully saturated rings. The number of halogens is 2. The number of carbonyl (C=O) groups excluding carboxylic acids is 1. The molecule has 0 radical (unpaired) electrons. The Morgan fingerprint density at radius 1 is 1.23 bits per heavy atom. The highest BCUT2D eigenvalue weighted by atomic mass is 35.5. The molecule has 1 unspecified atom stereocenters. The summed E-state index contributed by atoms with van der Waals surface area (Å²) in [6.45, 7) is 10.1. The molecule has 1 aliphatic heterocycles. The fraction of sp³-hybridized carbons (Fsp3) is 0.417. The lowest BCUT2D eigenvalue weighted by atomic mass is 10.1. The minimum absolute atomic E-state index is 0.181. The molecule has 1 aliphatic rings. The second kappa shape index (κ2) is 10.3. The first-order valence-electron chi connectivity index (χ1n) is 11.2. The first-order valence-corrected chi connectivity index (χ1v) is 12.8. The Bertz CT molecular complexity index is 1220. The van der Waals surface area contributed by atoms with Gasteiger partial charge in [0.05, 0.1) is 28.5 Å². The topological polar surface area (TPSA) is 89.5 Å². The van der Waals surface area contributed by atoms with Gasteiger partial charge in [-0.15, -0.1) is 11.3 Å². The van der Waals surface area contributed by atoms with Crippen molar-refractivity contribution in [2.24, 2.45) is 0 Å². The normalized spacial score (nSPS) is 17.9. The van der Waals surface area contributed by atoms with Gasteiger partial charge in [-0.05, 0) is 58.9 Å². The van der Waals surface area contributed by atoms with Gasteiger partial charge in [0.2, 0.25) is 5.95 Å². The Balaban J connectivity index is 1.50. The van der Waals surface area contributed by atoms with Gasteiger partial charge >= 0.3 is 6.09 Å². The zero-order valence-electron chi connectivity index (χ0n) is 20.1. The van der Waals surface area contributed by atoms with Crippen LogP contribution in [0.3, 0.4) is 0 Å². The largest absolute Gasteiger partial charge is 0.447 e. The van der Waals surface area contributed by atoms with Gasteiger partial charge in [-0.1, -0.05) is 23.2 Å². The third-order valence-electron chi connectivity index (χ3n) is 5.32. The lowest BCUT2D eigenvalue weighted by Crippen LogP contribution is -2.45. The van der Waals surface area contributed by atoms with Crippen LogP contribution in [0.4, 0.5) is 16.6 Å². The van der Waals surface area contributed by atoms with Crippen LogP contribution in [0.5, 0.6) is 0 Å². The number of benzene rings is 1. The average molecular weight is 536 g/mol. The maximum Gasteiger partial charge on any atom is 0.416 e. The van der Waals surface area contributed by atoms with Gasteiger partial charge in [0.1, 0.15) is 23.5 Å². The average Bonchev–Trinajstić information content (AvgIpc) is 3.40. The van der Waals surface area contributed by atoms with Crippen LogP contribution in [0.15, 0.2) is 35.8 Å². The summed E-state index contributed by atoms with van der Waals surface area (Å²) in [6.07, 6.45) is 0.900. The van der Waals surface area contributed by atoms with Gasteiger partial charge < -0.3 is 14.8 Å². The number of amides is 1. The second-order valence-electron chi connectivity index (χ2n) is 9.25. The number of ether oxygens (including phenoxy) is 2. The zero-order valence-corrected chi connectivity index (χ0v) is 22.4. The number of cyclic esters (lactones) is 1. The molecule has 0 spiro atoms. The smallest absolute Gasteiger partial charge is 0.416 e. The SMILES string of the molecule is C[C@H](Nc1nccc(N2C(=O)OCC2[C@@H](C)OC(C)(C)C)n1)c1nc(-c2ccc(Cl)cc2Cl)cs1. The number of aromatic nitrogens is 3. The van der Waals surface area contributed by atoms with Crippen molar-refractivity contribution in [1.29, 1.82) is 0 Å². The molecule has 3 atom stereocenters. The van der Waals surface area contributed by atoms with Gasteiger partial charge in [0.15, 0.2) is 0 Å². The van der Waals surface area contributed by atoms with Crippen molar-refractivity contribution in [2.45, 2.75) is 58.4 Å². The molecule has 1 aromatic carbocycles. The van der Waals surface area contributed by atoms with Crippen LogP contribution in [0.1, 0.15) is 45.7 Å². The van der Waals surface area contributed by atoms with Crippen molar-refractivity contribution >= 4 is 52.4 Å². The molecule has 1 amide bonds. The Hall–Kier alpha value is -2.46. The van der Waals surface area contributed by atoms with E-state index in [0.29, 0.717) is 21.8 Å². The lowest BCUT2D eigenvalue weighted by Gasteiger charge is -2.31. The molecule has 11 heteroatoms. The van der Waals surface area contributed by atoms with Gasteiger partial charge in [0.25, 0.3) is 0 Å². The molecule has 0 bridgehead atoms. The predicted octanol–water partition coefficient (Wildman–Crippen LogP) is 6.61. The number of nitrogens with one attached hydrogen (secondary N) is 1. The van der Waals surface area contributed by atoms with Crippen LogP contribution in [0, 0.1) is 0 Å². The maximum atomic E-state index is 12.5. The summed E-state index contributed by atoms with van der Waals surface area (Å²) in [4.78, 5) is 27.7. The molecule has 2 aromatic heterocycles. The van der Waals surface area contributed by atoms with E-state index in [1.807, 2.05) is 46.1 Å². The Kier molecular flexibility index (Phi) is 7.51. The van der Waals surface area contributed by atoms with Gasteiger partial charge in [-0.3, -0.25) is 4.90 Å². The number of rotatable bonds is 7. The van der Waals surface area contributed by atoms with E-state index in [9.17, 15) is 4.79 Å². The van der Waals surface area contributed by atoms with Crippen LogP contribution in [-0.4, -0.2) is 45.4 Å². The molecule has 0 saturated carbocycles. The van der Waals surface area contributed by atoms with Crippen LogP contribution in [0.2, 0.25) is 10.0 Å².